The fourth-order valence-corrected chi connectivity index (χ4v) is 14.2. The van der Waals surface area contributed by atoms with Crippen molar-refractivity contribution in [2.45, 2.75) is 154 Å². The number of aromatic nitrogens is 1. The normalized spacial score (nSPS) is 20.5. The molecule has 3 heterocycles. The van der Waals surface area contributed by atoms with Crippen molar-refractivity contribution in [2.24, 2.45) is 0 Å². The first-order valence-electron chi connectivity index (χ1n) is 25.6. The maximum Gasteiger partial charge on any atom is 0.333 e. The van der Waals surface area contributed by atoms with Crippen molar-refractivity contribution in [3.05, 3.63) is 149 Å². The van der Waals surface area contributed by atoms with Gasteiger partial charge in [-0.15, -0.1) is 0 Å². The monoisotopic (exact) mass is 875 g/mol. The Labute approximate surface area is 399 Å². The summed E-state index contributed by atoms with van der Waals surface area (Å²) < 4.78 is 2.77. The first kappa shape index (κ1) is 41.6. The van der Waals surface area contributed by atoms with Gasteiger partial charge in [0.05, 0.1) is 11.0 Å². The third-order valence-corrected chi connectivity index (χ3v) is 18.7. The van der Waals surface area contributed by atoms with E-state index >= 15 is 0 Å². The van der Waals surface area contributed by atoms with E-state index in [4.69, 9.17) is 0 Å². The summed E-state index contributed by atoms with van der Waals surface area (Å²) >= 11 is 0. The van der Waals surface area contributed by atoms with Crippen LogP contribution < -0.4 is 15.7 Å². The lowest BCUT2D eigenvalue weighted by Crippen LogP contribution is -2.61. The molecule has 8 aromatic rings. The zero-order valence-electron chi connectivity index (χ0n) is 42.2. The highest BCUT2D eigenvalue weighted by molar-refractivity contribution is 6.93. The topological polar surface area (TPSA) is 8.17 Å². The summed E-state index contributed by atoms with van der Waals surface area (Å²) in [6, 6.07) is 46.4. The summed E-state index contributed by atoms with van der Waals surface area (Å²) in [5.74, 6) is 0. The third-order valence-electron chi connectivity index (χ3n) is 18.7. The lowest BCUT2D eigenvalue weighted by molar-refractivity contribution is 0.332. The molecule has 13 rings (SSSR count). The van der Waals surface area contributed by atoms with E-state index in [0.29, 0.717) is 0 Å². The SMILES string of the molecule is CC1(C)CCC(C)(C)c2cc(N3B4c5cc6c(cc5-n5c7c4c(cc(-c4ccccc4)c7c4ccc7ccccc7c45)-c4cc5c(cc43)C(C)(C)CCC5(C)C)C(C)(C)CCC6(C)C)ccc21. The molecular formula is C64H67BN2. The van der Waals surface area contributed by atoms with Gasteiger partial charge in [-0.2, -0.15) is 0 Å². The maximum absolute atomic E-state index is 2.86. The molecule has 0 amide bonds. The molecule has 0 unspecified atom stereocenters. The number of hydrogen-bond acceptors (Lipinski definition) is 1. The Morgan fingerprint density at radius 2 is 0.940 bits per heavy atom. The van der Waals surface area contributed by atoms with Gasteiger partial charge in [0.2, 0.25) is 0 Å². The van der Waals surface area contributed by atoms with E-state index in [-0.39, 0.29) is 39.3 Å². The van der Waals surface area contributed by atoms with Gasteiger partial charge >= 0.3 is 6.85 Å². The number of nitrogens with zero attached hydrogens (tertiary/aromatic N) is 2. The van der Waals surface area contributed by atoms with Crippen LogP contribution in [-0.2, 0) is 32.5 Å². The Hall–Kier alpha value is -5.54. The van der Waals surface area contributed by atoms with Crippen LogP contribution in [0.25, 0.3) is 60.5 Å². The van der Waals surface area contributed by atoms with Crippen molar-refractivity contribution in [3.63, 3.8) is 0 Å². The molecule has 3 aliphatic carbocycles. The molecule has 0 bridgehead atoms. The zero-order valence-corrected chi connectivity index (χ0v) is 42.2. The highest BCUT2D eigenvalue weighted by Gasteiger charge is 2.49. The molecular weight excluding hydrogens is 808 g/mol. The molecule has 7 aromatic carbocycles. The Balaban J connectivity index is 1.27. The van der Waals surface area contributed by atoms with Gasteiger partial charge in [-0.3, -0.25) is 0 Å². The highest BCUT2D eigenvalue weighted by atomic mass is 15.1. The summed E-state index contributed by atoms with van der Waals surface area (Å²) in [6.45, 7) is 29.9. The molecule has 0 saturated carbocycles. The van der Waals surface area contributed by atoms with Gasteiger partial charge in [0.1, 0.15) is 0 Å². The lowest BCUT2D eigenvalue weighted by atomic mass is 9.43. The van der Waals surface area contributed by atoms with E-state index in [0.717, 1.165) is 0 Å². The number of hydrogen-bond donors (Lipinski definition) is 0. The van der Waals surface area contributed by atoms with Gasteiger partial charge in [-0.1, -0.05) is 162 Å². The van der Waals surface area contributed by atoms with Crippen molar-refractivity contribution in [3.8, 4) is 27.9 Å². The van der Waals surface area contributed by atoms with Crippen molar-refractivity contribution in [1.82, 2.24) is 4.57 Å². The second kappa shape index (κ2) is 13.2. The number of anilines is 2. The van der Waals surface area contributed by atoms with Crippen LogP contribution in [0.4, 0.5) is 11.4 Å². The molecule has 0 fully saturated rings. The lowest BCUT2D eigenvalue weighted by Gasteiger charge is -2.48. The summed E-state index contributed by atoms with van der Waals surface area (Å²) in [4.78, 5) is 2.86. The Kier molecular flexibility index (Phi) is 8.18. The molecule has 2 aliphatic heterocycles. The van der Waals surface area contributed by atoms with Crippen LogP contribution in [0.15, 0.2) is 115 Å². The number of rotatable bonds is 2. The molecule has 0 spiro atoms. The van der Waals surface area contributed by atoms with Crippen LogP contribution in [0.2, 0.25) is 0 Å². The van der Waals surface area contributed by atoms with Crippen LogP contribution >= 0.6 is 0 Å². The van der Waals surface area contributed by atoms with Gasteiger partial charge in [0.15, 0.2) is 0 Å². The predicted octanol–water partition coefficient (Wildman–Crippen LogP) is 15.9. The van der Waals surface area contributed by atoms with E-state index in [2.05, 4.69) is 208 Å². The van der Waals surface area contributed by atoms with Gasteiger partial charge in [0.25, 0.3) is 0 Å². The second-order valence-corrected chi connectivity index (χ2v) is 25.7. The largest absolute Gasteiger partial charge is 0.376 e. The fourth-order valence-electron chi connectivity index (χ4n) is 14.2. The van der Waals surface area contributed by atoms with Crippen LogP contribution in [0.3, 0.4) is 0 Å². The summed E-state index contributed by atoms with van der Waals surface area (Å²) in [7, 11) is 0. The van der Waals surface area contributed by atoms with Crippen molar-refractivity contribution in [2.75, 3.05) is 4.81 Å². The molecule has 0 radical (unpaired) electrons. The van der Waals surface area contributed by atoms with E-state index in [1.54, 1.807) is 0 Å². The molecule has 1 aromatic heterocycles. The van der Waals surface area contributed by atoms with Crippen molar-refractivity contribution < 1.29 is 0 Å². The quantitative estimate of drug-likeness (QED) is 0.157. The van der Waals surface area contributed by atoms with Gasteiger partial charge < -0.3 is 9.38 Å². The minimum atomic E-state index is -0.0467. The molecule has 3 heteroatoms. The molecule has 336 valence electrons. The smallest absolute Gasteiger partial charge is 0.333 e. The predicted molar refractivity (Wildman–Crippen MR) is 289 cm³/mol. The molecule has 0 atom stereocenters. The molecule has 67 heavy (non-hydrogen) atoms. The average molecular weight is 875 g/mol. The standard InChI is InChI=1S/C64H67BN2/c1-59(2)26-27-60(3,4)47-32-40(23-25-46(47)59)67-53-36-50-48(61(5,6)28-30-63(50,9)10)34-44(53)45-33-43(38-18-14-13-15-19-38)55-42-24-22-39-20-16-17-21-41(39)57(42)66-54-37-51-49(62(7,8)29-31-64(51,11)12)35-52(54)65(67)56(45)58(55)66/h13-25,32-37H,26-31H2,1-12H3. The zero-order chi connectivity index (χ0) is 46.5. The molecule has 0 saturated heterocycles. The first-order chi connectivity index (χ1) is 31.7. The third kappa shape index (κ3) is 5.58. The first-order valence-corrected chi connectivity index (χ1v) is 25.6. The molecule has 0 N–H and O–H groups in total. The van der Waals surface area contributed by atoms with E-state index in [9.17, 15) is 0 Å². The van der Waals surface area contributed by atoms with E-state index < -0.39 is 0 Å². The van der Waals surface area contributed by atoms with Gasteiger partial charge in [0, 0.05) is 38.8 Å². The summed E-state index contributed by atoms with van der Waals surface area (Å²) in [5.41, 5.74) is 24.5. The van der Waals surface area contributed by atoms with Gasteiger partial charge in [-0.05, 0) is 174 Å². The average Bonchev–Trinajstić information content (AvgIpc) is 3.66. The molecule has 2 nitrogen and oxygen atoms in total. The van der Waals surface area contributed by atoms with Crippen molar-refractivity contribution in [1.29, 1.82) is 0 Å². The minimum absolute atomic E-state index is 0.0467. The summed E-state index contributed by atoms with van der Waals surface area (Å²) in [6.07, 6.45) is 7.11. The summed E-state index contributed by atoms with van der Waals surface area (Å²) in [5, 5.41) is 5.31. The van der Waals surface area contributed by atoms with Crippen LogP contribution in [0.5, 0.6) is 0 Å². The van der Waals surface area contributed by atoms with E-state index in [1.165, 1.54) is 155 Å². The van der Waals surface area contributed by atoms with Crippen LogP contribution in [0, 0.1) is 0 Å². The highest BCUT2D eigenvalue weighted by Crippen LogP contribution is 2.56. The minimum Gasteiger partial charge on any atom is -0.376 e. The van der Waals surface area contributed by atoms with Crippen LogP contribution in [0.1, 0.15) is 155 Å². The van der Waals surface area contributed by atoms with Crippen LogP contribution in [-0.4, -0.2) is 11.4 Å². The van der Waals surface area contributed by atoms with Crippen molar-refractivity contribution >= 4 is 61.7 Å². The number of fused-ring (bicyclic) bond motifs is 13. The van der Waals surface area contributed by atoms with Gasteiger partial charge in [-0.25, -0.2) is 0 Å². The second-order valence-electron chi connectivity index (χ2n) is 25.7. The van der Waals surface area contributed by atoms with E-state index in [1.807, 2.05) is 0 Å². The Morgan fingerprint density at radius 1 is 0.403 bits per heavy atom. The Morgan fingerprint density at radius 3 is 1.58 bits per heavy atom. The maximum atomic E-state index is 2.86. The molecule has 5 aliphatic rings. The fraction of sp³-hybridized carbons (Fsp3) is 0.375. The number of benzene rings is 7. The Bertz CT molecular complexity index is 3480.